The highest BCUT2D eigenvalue weighted by molar-refractivity contribution is 7.99. The minimum absolute atomic E-state index is 0.288. The van der Waals surface area contributed by atoms with Crippen LogP contribution in [0.3, 0.4) is 0 Å². The first-order valence-corrected chi connectivity index (χ1v) is 6.04. The van der Waals surface area contributed by atoms with Crippen LogP contribution in [0.5, 0.6) is 0 Å². The molecule has 2 aromatic heterocycles. The van der Waals surface area contributed by atoms with Gasteiger partial charge < -0.3 is 4.74 Å². The predicted octanol–water partition coefficient (Wildman–Crippen LogP) is 0.789. The van der Waals surface area contributed by atoms with E-state index >= 15 is 0 Å². The number of tetrazole rings is 1. The van der Waals surface area contributed by atoms with E-state index in [0.717, 1.165) is 18.1 Å². The molecule has 0 amide bonds. The lowest BCUT2D eigenvalue weighted by Gasteiger charge is -2.11. The first-order valence-electron chi connectivity index (χ1n) is 5.16. The minimum Gasteiger partial charge on any atom is -0.377 e. The van der Waals surface area contributed by atoms with E-state index in [-0.39, 0.29) is 6.10 Å². The van der Waals surface area contributed by atoms with E-state index in [9.17, 15) is 0 Å². The quantitative estimate of drug-likeness (QED) is 0.769. The Morgan fingerprint density at radius 1 is 1.50 bits per heavy atom. The summed E-state index contributed by atoms with van der Waals surface area (Å²) in [6, 6.07) is 3.82. The van der Waals surface area contributed by atoms with E-state index in [4.69, 9.17) is 4.74 Å². The summed E-state index contributed by atoms with van der Waals surface area (Å²) in [6.07, 6.45) is 1.36. The van der Waals surface area contributed by atoms with Crippen LogP contribution in [0.15, 0.2) is 17.2 Å². The van der Waals surface area contributed by atoms with Gasteiger partial charge >= 0.3 is 0 Å². The molecule has 2 unspecified atom stereocenters. The normalized spacial score (nSPS) is 25.3. The fraction of sp³-hybridized carbons (Fsp3) is 0.556. The Morgan fingerprint density at radius 3 is 3.25 bits per heavy atom. The smallest absolute Gasteiger partial charge is 0.200 e. The maximum Gasteiger partial charge on any atom is 0.200 e. The van der Waals surface area contributed by atoms with Crippen LogP contribution in [0.1, 0.15) is 13.3 Å². The molecule has 0 saturated carbocycles. The van der Waals surface area contributed by atoms with E-state index in [1.807, 2.05) is 12.1 Å². The summed E-state index contributed by atoms with van der Waals surface area (Å²) < 4.78 is 6.96. The second kappa shape index (κ2) is 3.99. The highest BCUT2D eigenvalue weighted by Gasteiger charge is 2.25. The van der Waals surface area contributed by atoms with Crippen molar-refractivity contribution in [3.63, 3.8) is 0 Å². The maximum absolute atomic E-state index is 5.51. The van der Waals surface area contributed by atoms with Crippen LogP contribution in [-0.4, -0.2) is 43.2 Å². The molecular weight excluding hydrogens is 226 g/mol. The third-order valence-electron chi connectivity index (χ3n) is 2.62. The van der Waals surface area contributed by atoms with Gasteiger partial charge in [-0.05, 0) is 35.9 Å². The maximum atomic E-state index is 5.51. The fourth-order valence-corrected chi connectivity index (χ4v) is 2.78. The number of hydrogen-bond donors (Lipinski definition) is 0. The molecule has 0 N–H and O–H groups in total. The predicted molar refractivity (Wildman–Crippen MR) is 58.3 cm³/mol. The molecule has 16 heavy (non-hydrogen) atoms. The van der Waals surface area contributed by atoms with E-state index < -0.39 is 0 Å². The second-order valence-corrected chi connectivity index (χ2v) is 4.98. The minimum atomic E-state index is 0.288. The van der Waals surface area contributed by atoms with E-state index in [2.05, 4.69) is 27.5 Å². The Morgan fingerprint density at radius 2 is 2.44 bits per heavy atom. The number of rotatable bonds is 2. The molecule has 0 aliphatic carbocycles. The van der Waals surface area contributed by atoms with Crippen molar-refractivity contribution in [2.45, 2.75) is 29.7 Å². The molecule has 3 rings (SSSR count). The molecule has 2 aromatic rings. The number of nitrogens with zero attached hydrogens (tertiary/aromatic N) is 5. The molecule has 2 atom stereocenters. The van der Waals surface area contributed by atoms with Crippen molar-refractivity contribution < 1.29 is 4.74 Å². The highest BCUT2D eigenvalue weighted by Crippen LogP contribution is 2.31. The van der Waals surface area contributed by atoms with Gasteiger partial charge in [0.15, 0.2) is 5.65 Å². The average Bonchev–Trinajstić information content (AvgIpc) is 2.88. The lowest BCUT2D eigenvalue weighted by Crippen LogP contribution is -2.13. The zero-order valence-corrected chi connectivity index (χ0v) is 9.59. The summed E-state index contributed by atoms with van der Waals surface area (Å²) in [6.45, 7) is 2.94. The largest absolute Gasteiger partial charge is 0.377 e. The van der Waals surface area contributed by atoms with Gasteiger partial charge in [-0.25, -0.2) is 0 Å². The summed E-state index contributed by atoms with van der Waals surface area (Å²) in [5, 5.41) is 16.9. The number of hydrogen-bond acceptors (Lipinski definition) is 6. The van der Waals surface area contributed by atoms with Crippen LogP contribution in [0.25, 0.3) is 5.65 Å². The van der Waals surface area contributed by atoms with Crippen LogP contribution in [0.2, 0.25) is 0 Å². The van der Waals surface area contributed by atoms with Gasteiger partial charge in [0, 0.05) is 11.9 Å². The third-order valence-corrected chi connectivity index (χ3v) is 4.00. The number of aromatic nitrogens is 5. The third kappa shape index (κ3) is 1.76. The van der Waals surface area contributed by atoms with E-state index in [0.29, 0.717) is 10.9 Å². The van der Waals surface area contributed by atoms with Gasteiger partial charge in [-0.15, -0.1) is 14.8 Å². The molecule has 0 bridgehead atoms. The molecule has 1 aliphatic heterocycles. The molecular formula is C9H11N5OS. The van der Waals surface area contributed by atoms with Gasteiger partial charge in [-0.2, -0.15) is 0 Å². The Hall–Kier alpha value is -1.21. The van der Waals surface area contributed by atoms with Gasteiger partial charge in [-0.3, -0.25) is 0 Å². The zero-order valence-electron chi connectivity index (χ0n) is 8.78. The zero-order chi connectivity index (χ0) is 11.0. The second-order valence-electron chi connectivity index (χ2n) is 3.72. The summed E-state index contributed by atoms with van der Waals surface area (Å²) in [5.41, 5.74) is 0.667. The fourth-order valence-electron chi connectivity index (χ4n) is 1.72. The monoisotopic (exact) mass is 237 g/mol. The molecule has 7 heteroatoms. The van der Waals surface area contributed by atoms with E-state index in [1.54, 1.807) is 11.8 Å². The molecule has 84 valence electrons. The highest BCUT2D eigenvalue weighted by atomic mass is 32.2. The first-order chi connectivity index (χ1) is 7.83. The van der Waals surface area contributed by atoms with Crippen LogP contribution < -0.4 is 0 Å². The van der Waals surface area contributed by atoms with Crippen molar-refractivity contribution in [2.75, 3.05) is 6.61 Å². The SMILES string of the molecule is CC1OCCC1Sc1ccc2nnnn2n1. The van der Waals surface area contributed by atoms with Gasteiger partial charge in [0.05, 0.1) is 6.10 Å². The molecule has 0 radical (unpaired) electrons. The van der Waals surface area contributed by atoms with Crippen molar-refractivity contribution in [2.24, 2.45) is 0 Å². The Bertz CT molecular complexity index is 501. The summed E-state index contributed by atoms with van der Waals surface area (Å²) in [4.78, 5) is 0. The molecule has 1 saturated heterocycles. The lowest BCUT2D eigenvalue weighted by atomic mass is 10.3. The molecule has 1 aliphatic rings. The van der Waals surface area contributed by atoms with Gasteiger partial charge in [-0.1, -0.05) is 11.8 Å². The van der Waals surface area contributed by atoms with Crippen molar-refractivity contribution in [3.05, 3.63) is 12.1 Å². The van der Waals surface area contributed by atoms with Crippen molar-refractivity contribution in [1.82, 2.24) is 25.3 Å². The standard InChI is InChI=1S/C9H11N5OS/c1-6-7(4-5-15-6)16-9-3-2-8-10-12-13-14(8)11-9/h2-3,6-7H,4-5H2,1H3. The lowest BCUT2D eigenvalue weighted by molar-refractivity contribution is 0.127. The Kier molecular flexibility index (Phi) is 2.49. The number of fused-ring (bicyclic) bond motifs is 1. The van der Waals surface area contributed by atoms with E-state index in [1.165, 1.54) is 4.63 Å². The van der Waals surface area contributed by atoms with Crippen LogP contribution in [0.4, 0.5) is 0 Å². The Balaban J connectivity index is 1.83. The summed E-state index contributed by atoms with van der Waals surface area (Å²) >= 11 is 1.73. The average molecular weight is 237 g/mol. The van der Waals surface area contributed by atoms with Crippen LogP contribution in [-0.2, 0) is 4.74 Å². The van der Waals surface area contributed by atoms with Gasteiger partial charge in [0.25, 0.3) is 0 Å². The molecule has 6 nitrogen and oxygen atoms in total. The van der Waals surface area contributed by atoms with Crippen molar-refractivity contribution in [3.8, 4) is 0 Å². The van der Waals surface area contributed by atoms with Gasteiger partial charge in [0.2, 0.25) is 0 Å². The van der Waals surface area contributed by atoms with Gasteiger partial charge in [0.1, 0.15) is 5.03 Å². The van der Waals surface area contributed by atoms with Crippen molar-refractivity contribution >= 4 is 17.4 Å². The first kappa shape index (κ1) is 9.98. The molecule has 0 spiro atoms. The molecule has 3 heterocycles. The summed E-state index contributed by atoms with van der Waals surface area (Å²) in [5.74, 6) is 0. The topological polar surface area (TPSA) is 65.2 Å². The molecule has 1 fully saturated rings. The summed E-state index contributed by atoms with van der Waals surface area (Å²) in [7, 11) is 0. The number of thioether (sulfide) groups is 1. The Labute approximate surface area is 96.4 Å². The molecule has 0 aromatic carbocycles. The van der Waals surface area contributed by atoms with Crippen LogP contribution >= 0.6 is 11.8 Å². The van der Waals surface area contributed by atoms with Crippen LogP contribution in [0, 0.1) is 0 Å². The van der Waals surface area contributed by atoms with Crippen molar-refractivity contribution in [1.29, 1.82) is 0 Å². The number of ether oxygens (including phenoxy) is 1.